The highest BCUT2D eigenvalue weighted by Gasteiger charge is 2.03. The standard InChI is InChI=1S/C16H16BrClN2O3/c17-11-5-6-15(14(18)9-11)23-8-2-7-19-16(22)20-12-3-1-4-13(21)10-12/h1,3-6,9-10,21H,2,7-8H2,(H2,19,20,22). The molecule has 0 heterocycles. The maximum Gasteiger partial charge on any atom is 0.319 e. The van der Waals surface area contributed by atoms with Gasteiger partial charge in [-0.25, -0.2) is 4.79 Å². The van der Waals surface area contributed by atoms with Crippen LogP contribution in [0.5, 0.6) is 11.5 Å². The molecule has 0 saturated heterocycles. The van der Waals surface area contributed by atoms with Gasteiger partial charge >= 0.3 is 6.03 Å². The summed E-state index contributed by atoms with van der Waals surface area (Å²) in [6.07, 6.45) is 0.639. The van der Waals surface area contributed by atoms with E-state index in [1.54, 1.807) is 24.3 Å². The molecule has 0 radical (unpaired) electrons. The fourth-order valence-electron chi connectivity index (χ4n) is 1.81. The number of urea groups is 1. The van der Waals surface area contributed by atoms with Crippen LogP contribution in [0.1, 0.15) is 6.42 Å². The Morgan fingerprint density at radius 1 is 1.26 bits per heavy atom. The van der Waals surface area contributed by atoms with E-state index in [0.29, 0.717) is 36.0 Å². The van der Waals surface area contributed by atoms with E-state index in [1.807, 2.05) is 6.07 Å². The summed E-state index contributed by atoms with van der Waals surface area (Å²) in [6.45, 7) is 0.895. The second kappa shape index (κ2) is 8.64. The van der Waals surface area contributed by atoms with Crippen molar-refractivity contribution in [3.63, 3.8) is 0 Å². The predicted octanol–water partition coefficient (Wildman–Crippen LogP) is 4.40. The van der Waals surface area contributed by atoms with Crippen LogP contribution in [0.15, 0.2) is 46.9 Å². The summed E-state index contributed by atoms with van der Waals surface area (Å²) < 4.78 is 6.44. The van der Waals surface area contributed by atoms with Crippen LogP contribution >= 0.6 is 27.5 Å². The van der Waals surface area contributed by atoms with Crippen LogP contribution in [0.4, 0.5) is 10.5 Å². The highest BCUT2D eigenvalue weighted by Crippen LogP contribution is 2.27. The van der Waals surface area contributed by atoms with Gasteiger partial charge in [0.15, 0.2) is 0 Å². The molecule has 2 amide bonds. The quantitative estimate of drug-likeness (QED) is 0.631. The first-order valence-corrected chi connectivity index (χ1v) is 8.13. The van der Waals surface area contributed by atoms with Gasteiger partial charge in [-0.3, -0.25) is 0 Å². The highest BCUT2D eigenvalue weighted by molar-refractivity contribution is 9.10. The number of amides is 2. The first-order chi connectivity index (χ1) is 11.0. The summed E-state index contributed by atoms with van der Waals surface area (Å²) in [7, 11) is 0. The number of hydrogen-bond acceptors (Lipinski definition) is 3. The molecule has 0 atom stereocenters. The molecular weight excluding hydrogens is 384 g/mol. The number of benzene rings is 2. The van der Waals surface area contributed by atoms with Gasteiger partial charge in [-0.05, 0) is 36.8 Å². The third kappa shape index (κ3) is 6.00. The lowest BCUT2D eigenvalue weighted by Crippen LogP contribution is -2.30. The number of hydrogen-bond donors (Lipinski definition) is 3. The van der Waals surface area contributed by atoms with E-state index in [-0.39, 0.29) is 11.8 Å². The second-order valence-corrected chi connectivity index (χ2v) is 6.03. The molecule has 2 aromatic carbocycles. The molecule has 122 valence electrons. The number of carbonyl (C=O) groups excluding carboxylic acids is 1. The number of rotatable bonds is 6. The molecule has 23 heavy (non-hydrogen) atoms. The monoisotopic (exact) mass is 398 g/mol. The van der Waals surface area contributed by atoms with E-state index in [2.05, 4.69) is 26.6 Å². The SMILES string of the molecule is O=C(NCCCOc1ccc(Br)cc1Cl)Nc1cccc(O)c1. The van der Waals surface area contributed by atoms with Gasteiger partial charge in [0.1, 0.15) is 11.5 Å². The molecule has 0 aromatic heterocycles. The Morgan fingerprint density at radius 3 is 2.83 bits per heavy atom. The van der Waals surface area contributed by atoms with Gasteiger partial charge in [0.05, 0.1) is 11.6 Å². The van der Waals surface area contributed by atoms with Crippen LogP contribution in [0.2, 0.25) is 5.02 Å². The average molecular weight is 400 g/mol. The van der Waals surface area contributed by atoms with Crippen LogP contribution < -0.4 is 15.4 Å². The van der Waals surface area contributed by atoms with Crippen molar-refractivity contribution in [2.75, 3.05) is 18.5 Å². The van der Waals surface area contributed by atoms with E-state index in [4.69, 9.17) is 16.3 Å². The van der Waals surface area contributed by atoms with Crippen molar-refractivity contribution < 1.29 is 14.6 Å². The molecule has 0 aliphatic heterocycles. The fourth-order valence-corrected chi connectivity index (χ4v) is 2.54. The molecule has 5 nitrogen and oxygen atoms in total. The molecule has 0 fully saturated rings. The second-order valence-electron chi connectivity index (χ2n) is 4.71. The minimum absolute atomic E-state index is 0.0996. The zero-order valence-corrected chi connectivity index (χ0v) is 14.5. The van der Waals surface area contributed by atoms with Crippen LogP contribution in [-0.2, 0) is 0 Å². The molecule has 0 aliphatic rings. The van der Waals surface area contributed by atoms with E-state index in [9.17, 15) is 9.90 Å². The van der Waals surface area contributed by atoms with Crippen molar-refractivity contribution in [3.05, 3.63) is 52.0 Å². The van der Waals surface area contributed by atoms with Gasteiger partial charge in [0, 0.05) is 22.8 Å². The van der Waals surface area contributed by atoms with Gasteiger partial charge < -0.3 is 20.5 Å². The lowest BCUT2D eigenvalue weighted by molar-refractivity contribution is 0.250. The van der Waals surface area contributed by atoms with Gasteiger partial charge in [0.25, 0.3) is 0 Å². The summed E-state index contributed by atoms with van der Waals surface area (Å²) in [6, 6.07) is 11.4. The Bertz CT molecular complexity index is 682. The van der Waals surface area contributed by atoms with E-state index in [1.165, 1.54) is 12.1 Å². The molecule has 0 saturated carbocycles. The lowest BCUT2D eigenvalue weighted by Gasteiger charge is -2.10. The number of carbonyl (C=O) groups is 1. The molecular formula is C16H16BrClN2O3. The minimum atomic E-state index is -0.336. The molecule has 7 heteroatoms. The Balaban J connectivity index is 1.66. The van der Waals surface area contributed by atoms with Crippen molar-refractivity contribution in [3.8, 4) is 11.5 Å². The molecule has 0 aliphatic carbocycles. The summed E-state index contributed by atoms with van der Waals surface area (Å²) in [4.78, 5) is 11.7. The highest BCUT2D eigenvalue weighted by atomic mass is 79.9. The predicted molar refractivity (Wildman–Crippen MR) is 94.4 cm³/mol. The van der Waals surface area contributed by atoms with Crippen molar-refractivity contribution in [2.24, 2.45) is 0 Å². The normalized spacial score (nSPS) is 10.2. The zero-order valence-electron chi connectivity index (χ0n) is 12.2. The Morgan fingerprint density at radius 2 is 2.09 bits per heavy atom. The summed E-state index contributed by atoms with van der Waals surface area (Å²) >= 11 is 9.37. The molecule has 3 N–H and O–H groups in total. The Kier molecular flexibility index (Phi) is 6.55. The van der Waals surface area contributed by atoms with E-state index < -0.39 is 0 Å². The largest absolute Gasteiger partial charge is 0.508 e. The van der Waals surface area contributed by atoms with E-state index in [0.717, 1.165) is 4.47 Å². The fraction of sp³-hybridized carbons (Fsp3) is 0.188. The summed E-state index contributed by atoms with van der Waals surface area (Å²) in [5.41, 5.74) is 0.528. The average Bonchev–Trinajstić information content (AvgIpc) is 2.49. The lowest BCUT2D eigenvalue weighted by atomic mass is 10.3. The van der Waals surface area contributed by atoms with Gasteiger partial charge in [-0.15, -0.1) is 0 Å². The van der Waals surface area contributed by atoms with Gasteiger partial charge in [0.2, 0.25) is 0 Å². The summed E-state index contributed by atoms with van der Waals surface area (Å²) in [5.74, 6) is 0.710. The van der Waals surface area contributed by atoms with Crippen LogP contribution in [0.25, 0.3) is 0 Å². The van der Waals surface area contributed by atoms with Crippen molar-refractivity contribution in [1.82, 2.24) is 5.32 Å². The maximum absolute atomic E-state index is 11.7. The summed E-state index contributed by atoms with van der Waals surface area (Å²) in [5, 5.41) is 15.2. The first-order valence-electron chi connectivity index (χ1n) is 6.96. The van der Waals surface area contributed by atoms with Crippen molar-refractivity contribution in [2.45, 2.75) is 6.42 Å². The molecule has 0 bridgehead atoms. The number of ether oxygens (including phenoxy) is 1. The Labute approximate surface area is 147 Å². The molecule has 2 aromatic rings. The van der Waals surface area contributed by atoms with Crippen LogP contribution in [0, 0.1) is 0 Å². The number of phenols is 1. The first kappa shape index (κ1) is 17.4. The molecule has 2 rings (SSSR count). The van der Waals surface area contributed by atoms with Crippen molar-refractivity contribution in [1.29, 1.82) is 0 Å². The number of nitrogens with one attached hydrogen (secondary N) is 2. The number of phenolic OH excluding ortho intramolecular Hbond substituents is 1. The topological polar surface area (TPSA) is 70.6 Å². The third-order valence-electron chi connectivity index (χ3n) is 2.86. The molecule has 0 unspecified atom stereocenters. The smallest absolute Gasteiger partial charge is 0.319 e. The van der Waals surface area contributed by atoms with Gasteiger partial charge in [-0.2, -0.15) is 0 Å². The van der Waals surface area contributed by atoms with Crippen molar-refractivity contribution >= 4 is 39.2 Å². The zero-order chi connectivity index (χ0) is 16.7. The number of anilines is 1. The minimum Gasteiger partial charge on any atom is -0.508 e. The number of halogens is 2. The number of aromatic hydroxyl groups is 1. The Hall–Kier alpha value is -1.92. The molecule has 0 spiro atoms. The van der Waals surface area contributed by atoms with Crippen LogP contribution in [0.3, 0.4) is 0 Å². The third-order valence-corrected chi connectivity index (χ3v) is 3.65. The van der Waals surface area contributed by atoms with E-state index >= 15 is 0 Å². The van der Waals surface area contributed by atoms with Crippen LogP contribution in [-0.4, -0.2) is 24.3 Å². The maximum atomic E-state index is 11.7. The van der Waals surface area contributed by atoms with Gasteiger partial charge in [-0.1, -0.05) is 33.6 Å².